The predicted molar refractivity (Wildman–Crippen MR) is 121 cm³/mol. The number of aromatic nitrogens is 2. The van der Waals surface area contributed by atoms with Crippen molar-refractivity contribution >= 4 is 49.9 Å². The molecule has 0 saturated carbocycles. The smallest absolute Gasteiger partial charge is 0.266 e. The lowest BCUT2D eigenvalue weighted by atomic mass is 10.0. The van der Waals surface area contributed by atoms with E-state index in [1.165, 1.54) is 29.1 Å². The number of sulfonamides is 1. The second-order valence-corrected chi connectivity index (χ2v) is 10.2. The van der Waals surface area contributed by atoms with Crippen molar-refractivity contribution in [3.05, 3.63) is 69.8 Å². The van der Waals surface area contributed by atoms with Gasteiger partial charge in [0.2, 0.25) is 10.0 Å². The number of carbonyl (C=O) groups is 2. The first-order valence-electron chi connectivity index (χ1n) is 9.67. The van der Waals surface area contributed by atoms with Crippen molar-refractivity contribution in [3.63, 3.8) is 0 Å². The molecular weight excluding hydrogens is 507 g/mol. The first-order chi connectivity index (χ1) is 16.4. The molecule has 3 aromatic rings. The van der Waals surface area contributed by atoms with Crippen LogP contribution in [-0.4, -0.2) is 40.6 Å². The van der Waals surface area contributed by atoms with Gasteiger partial charge in [-0.1, -0.05) is 12.1 Å². The number of benzene rings is 2. The van der Waals surface area contributed by atoms with Gasteiger partial charge in [0.05, 0.1) is 46.6 Å². The molecule has 0 spiro atoms. The number of hydrazine groups is 1. The van der Waals surface area contributed by atoms with Crippen LogP contribution in [0.25, 0.3) is 17.0 Å². The Morgan fingerprint density at radius 2 is 1.94 bits per heavy atom. The third kappa shape index (κ3) is 5.21. The first kappa shape index (κ1) is 24.5. The topological polar surface area (TPSA) is 125 Å². The minimum absolute atomic E-state index is 0.00899. The molecular formula is C21H14F3N5O4S2. The van der Waals surface area contributed by atoms with Crippen molar-refractivity contribution in [1.82, 2.24) is 19.6 Å². The number of hydrogen-bond donors (Lipinski definition) is 1. The predicted octanol–water partition coefficient (Wildman–Crippen LogP) is 3.48. The van der Waals surface area contributed by atoms with E-state index in [2.05, 4.69) is 5.10 Å². The summed E-state index contributed by atoms with van der Waals surface area (Å²) >= 11 is 0.558. The normalized spacial score (nSPS) is 15.9. The Bertz CT molecular complexity index is 1560. The van der Waals surface area contributed by atoms with E-state index in [-0.39, 0.29) is 22.6 Å². The highest BCUT2D eigenvalue weighted by atomic mass is 32.2. The first-order valence-corrected chi connectivity index (χ1v) is 12.4. The number of rotatable bonds is 5. The highest BCUT2D eigenvalue weighted by Crippen LogP contribution is 2.34. The van der Waals surface area contributed by atoms with Crippen LogP contribution in [0.4, 0.5) is 18.0 Å². The van der Waals surface area contributed by atoms with E-state index < -0.39 is 32.9 Å². The second kappa shape index (κ2) is 8.84. The summed E-state index contributed by atoms with van der Waals surface area (Å²) in [5.41, 5.74) is -0.0668. The molecule has 180 valence electrons. The third-order valence-corrected chi connectivity index (χ3v) is 6.26. The van der Waals surface area contributed by atoms with Gasteiger partial charge in [0.15, 0.2) is 0 Å². The molecule has 1 fully saturated rings. The minimum Gasteiger partial charge on any atom is -0.266 e. The van der Waals surface area contributed by atoms with E-state index in [0.717, 1.165) is 12.3 Å². The zero-order valence-electron chi connectivity index (χ0n) is 17.7. The van der Waals surface area contributed by atoms with Crippen molar-refractivity contribution in [3.8, 4) is 6.07 Å². The summed E-state index contributed by atoms with van der Waals surface area (Å²) < 4.78 is 64.6. The molecule has 1 aliphatic rings. The summed E-state index contributed by atoms with van der Waals surface area (Å²) in [7, 11) is -3.84. The van der Waals surface area contributed by atoms with Crippen molar-refractivity contribution in [2.45, 2.75) is 12.7 Å². The summed E-state index contributed by atoms with van der Waals surface area (Å²) in [5, 5.41) is 13.3. The van der Waals surface area contributed by atoms with Crippen LogP contribution in [0.1, 0.15) is 22.3 Å². The van der Waals surface area contributed by atoms with E-state index >= 15 is 0 Å². The van der Waals surface area contributed by atoms with Gasteiger partial charge in [-0.3, -0.25) is 14.3 Å². The maximum absolute atomic E-state index is 13.5. The van der Waals surface area contributed by atoms with Crippen molar-refractivity contribution in [1.29, 1.82) is 5.26 Å². The highest BCUT2D eigenvalue weighted by Gasteiger charge is 2.37. The van der Waals surface area contributed by atoms with Gasteiger partial charge in [-0.15, -0.1) is 4.83 Å². The summed E-state index contributed by atoms with van der Waals surface area (Å²) in [6.45, 7) is -0.195. The molecule has 14 heteroatoms. The average molecular weight is 522 g/mol. The lowest BCUT2D eigenvalue weighted by Gasteiger charge is -2.14. The van der Waals surface area contributed by atoms with Crippen LogP contribution in [0.15, 0.2) is 47.5 Å². The van der Waals surface area contributed by atoms with E-state index in [0.29, 0.717) is 33.2 Å². The molecule has 1 aromatic heterocycles. The molecule has 2 aromatic carbocycles. The van der Waals surface area contributed by atoms with Crippen molar-refractivity contribution in [2.24, 2.45) is 0 Å². The van der Waals surface area contributed by atoms with E-state index in [1.54, 1.807) is 24.3 Å². The number of nitriles is 1. The van der Waals surface area contributed by atoms with Crippen LogP contribution in [0.2, 0.25) is 0 Å². The summed E-state index contributed by atoms with van der Waals surface area (Å²) in [5.74, 6) is -0.832. The molecule has 0 radical (unpaired) electrons. The van der Waals surface area contributed by atoms with Crippen molar-refractivity contribution < 1.29 is 31.2 Å². The Hall–Kier alpha value is -3.67. The molecule has 1 aliphatic heterocycles. The van der Waals surface area contributed by atoms with Gasteiger partial charge >= 0.3 is 11.4 Å². The monoisotopic (exact) mass is 521 g/mol. The van der Waals surface area contributed by atoms with Gasteiger partial charge < -0.3 is 0 Å². The molecule has 2 heterocycles. The Balaban J connectivity index is 1.63. The molecule has 9 nitrogen and oxygen atoms in total. The number of hydrogen-bond acceptors (Lipinski definition) is 7. The van der Waals surface area contributed by atoms with Crippen LogP contribution in [0.3, 0.4) is 0 Å². The Morgan fingerprint density at radius 3 is 2.60 bits per heavy atom. The second-order valence-electron chi connectivity index (χ2n) is 7.48. The minimum atomic E-state index is -4.65. The lowest BCUT2D eigenvalue weighted by Crippen LogP contribution is -2.44. The number of carbonyl (C=O) groups excluding carboxylic acids is 2. The molecule has 0 aliphatic carbocycles. The number of fused-ring (bicyclic) bond motifs is 1. The summed E-state index contributed by atoms with van der Waals surface area (Å²) in [4.78, 5) is 26.2. The van der Waals surface area contributed by atoms with Gasteiger partial charge in [-0.05, 0) is 53.2 Å². The van der Waals surface area contributed by atoms with Gasteiger partial charge in [-0.2, -0.15) is 28.5 Å². The van der Waals surface area contributed by atoms with Crippen LogP contribution in [0.5, 0.6) is 0 Å². The van der Waals surface area contributed by atoms with Crippen LogP contribution in [0, 0.1) is 11.3 Å². The van der Waals surface area contributed by atoms with Crippen LogP contribution >= 0.6 is 11.8 Å². The molecule has 1 saturated heterocycles. The van der Waals surface area contributed by atoms with Gasteiger partial charge in [0.1, 0.15) is 0 Å². The fourth-order valence-corrected chi connectivity index (χ4v) is 4.73. The molecule has 0 atom stereocenters. The molecule has 2 amide bonds. The van der Waals surface area contributed by atoms with E-state index in [9.17, 15) is 31.2 Å². The summed E-state index contributed by atoms with van der Waals surface area (Å²) in [6, 6.07) is 9.85. The zero-order chi connectivity index (χ0) is 25.5. The fourth-order valence-electron chi connectivity index (χ4n) is 3.39. The van der Waals surface area contributed by atoms with Gasteiger partial charge in [0.25, 0.3) is 5.91 Å². The SMILES string of the molecule is CS(=O)(=O)NN1C(=O)SC(=Cc2ccc3c(cnn3Cc3ccc(C#N)cc3C(F)(F)F)c2)C1=O. The standard InChI is InChI=1S/C21H14F3N5O4S2/c1-35(32,33)27-29-19(30)18(34-20(29)31)8-12-3-5-17-15(6-12)10-26-28(17)11-14-4-2-13(9-25)7-16(14)21(22,23)24/h2-8,10,27H,11H2,1H3. The Labute approximate surface area is 200 Å². The number of halogens is 3. The number of amides is 2. The number of thioether (sulfide) groups is 1. The van der Waals surface area contributed by atoms with Gasteiger partial charge in [-0.25, -0.2) is 8.42 Å². The Morgan fingerprint density at radius 1 is 1.20 bits per heavy atom. The van der Waals surface area contributed by atoms with Gasteiger partial charge in [0, 0.05) is 5.39 Å². The zero-order valence-corrected chi connectivity index (χ0v) is 19.3. The number of alkyl halides is 3. The molecule has 1 N–H and O–H groups in total. The number of nitrogens with one attached hydrogen (secondary N) is 1. The molecule has 35 heavy (non-hydrogen) atoms. The highest BCUT2D eigenvalue weighted by molar-refractivity contribution is 8.18. The van der Waals surface area contributed by atoms with E-state index in [1.807, 2.05) is 4.83 Å². The number of nitrogens with zero attached hydrogens (tertiary/aromatic N) is 4. The maximum atomic E-state index is 13.5. The van der Waals surface area contributed by atoms with Crippen LogP contribution in [-0.2, 0) is 27.5 Å². The third-order valence-electron chi connectivity index (χ3n) is 4.88. The fraction of sp³-hybridized carbons (Fsp3) is 0.143. The lowest BCUT2D eigenvalue weighted by molar-refractivity contribution is -0.138. The quantitative estimate of drug-likeness (QED) is 0.510. The summed E-state index contributed by atoms with van der Waals surface area (Å²) in [6.07, 6.45) is -0.997. The molecule has 0 unspecified atom stereocenters. The maximum Gasteiger partial charge on any atom is 0.416 e. The Kier molecular flexibility index (Phi) is 6.18. The largest absolute Gasteiger partial charge is 0.416 e. The van der Waals surface area contributed by atoms with Crippen LogP contribution < -0.4 is 4.83 Å². The van der Waals surface area contributed by atoms with E-state index in [4.69, 9.17) is 5.26 Å². The van der Waals surface area contributed by atoms with Crippen molar-refractivity contribution in [2.75, 3.05) is 6.26 Å². The molecule has 4 rings (SSSR count). The molecule has 0 bridgehead atoms. The average Bonchev–Trinajstić information content (AvgIpc) is 3.28. The number of imide groups is 1.